The van der Waals surface area contributed by atoms with E-state index in [0.717, 1.165) is 30.4 Å². The Morgan fingerprint density at radius 2 is 1.80 bits per heavy atom. The van der Waals surface area contributed by atoms with Gasteiger partial charge >= 0.3 is 0 Å². The highest BCUT2D eigenvalue weighted by Gasteiger charge is 2.51. The highest BCUT2D eigenvalue weighted by atomic mass is 19.1. The molecule has 4 heteroatoms. The van der Waals surface area contributed by atoms with Crippen LogP contribution in [0.15, 0.2) is 54.6 Å². The van der Waals surface area contributed by atoms with E-state index in [1.54, 1.807) is 19.2 Å². The Morgan fingerprint density at radius 1 is 1.16 bits per heavy atom. The molecule has 25 heavy (non-hydrogen) atoms. The summed E-state index contributed by atoms with van der Waals surface area (Å²) in [5.74, 6) is -0.293. The number of carbonyl (C=O) groups is 1. The SMILES string of the molecule is CC[C@](CNC(=O)C1(c2ccc(F)cc2)CC1)(OC)c1ccccc1. The van der Waals surface area contributed by atoms with Gasteiger partial charge in [0.1, 0.15) is 11.4 Å². The number of hydrogen-bond acceptors (Lipinski definition) is 2. The quantitative estimate of drug-likeness (QED) is 0.829. The van der Waals surface area contributed by atoms with Crippen molar-refractivity contribution in [3.8, 4) is 0 Å². The van der Waals surface area contributed by atoms with E-state index in [1.165, 1.54) is 12.1 Å². The number of halogens is 1. The van der Waals surface area contributed by atoms with Crippen LogP contribution in [-0.2, 0) is 20.5 Å². The first kappa shape index (κ1) is 17.6. The minimum atomic E-state index is -0.546. The van der Waals surface area contributed by atoms with Crippen molar-refractivity contribution in [2.45, 2.75) is 37.2 Å². The molecule has 0 radical (unpaired) electrons. The Kier molecular flexibility index (Phi) is 4.91. The first-order valence-corrected chi connectivity index (χ1v) is 8.71. The van der Waals surface area contributed by atoms with Gasteiger partial charge in [-0.15, -0.1) is 0 Å². The number of benzene rings is 2. The molecule has 1 aliphatic rings. The lowest BCUT2D eigenvalue weighted by atomic mass is 9.89. The molecule has 0 heterocycles. The van der Waals surface area contributed by atoms with Crippen LogP contribution in [0, 0.1) is 5.82 Å². The Labute approximate surface area is 148 Å². The van der Waals surface area contributed by atoms with E-state index in [4.69, 9.17) is 4.74 Å². The molecule has 1 saturated carbocycles. The summed E-state index contributed by atoms with van der Waals surface area (Å²) in [6.45, 7) is 2.46. The molecule has 0 aliphatic heterocycles. The summed E-state index contributed by atoms with van der Waals surface area (Å²) in [5.41, 5.74) is 0.866. The molecule has 0 spiro atoms. The summed E-state index contributed by atoms with van der Waals surface area (Å²) in [6, 6.07) is 16.2. The van der Waals surface area contributed by atoms with E-state index in [1.807, 2.05) is 30.3 Å². The number of amides is 1. The highest BCUT2D eigenvalue weighted by molar-refractivity contribution is 5.91. The Morgan fingerprint density at radius 3 is 2.32 bits per heavy atom. The molecule has 3 nitrogen and oxygen atoms in total. The second-order valence-electron chi connectivity index (χ2n) is 6.69. The number of carbonyl (C=O) groups excluding carboxylic acids is 1. The molecule has 2 aromatic carbocycles. The summed E-state index contributed by atoms with van der Waals surface area (Å²) in [5, 5.41) is 3.08. The van der Waals surface area contributed by atoms with Crippen LogP contribution in [0.2, 0.25) is 0 Å². The van der Waals surface area contributed by atoms with Gasteiger partial charge in [0.05, 0.1) is 12.0 Å². The second-order valence-corrected chi connectivity index (χ2v) is 6.69. The normalized spacial score (nSPS) is 17.6. The number of nitrogens with one attached hydrogen (secondary N) is 1. The predicted molar refractivity (Wildman–Crippen MR) is 95.7 cm³/mol. The van der Waals surface area contributed by atoms with E-state index in [-0.39, 0.29) is 11.7 Å². The van der Waals surface area contributed by atoms with Crippen molar-refractivity contribution in [2.24, 2.45) is 0 Å². The van der Waals surface area contributed by atoms with Crippen molar-refractivity contribution in [3.63, 3.8) is 0 Å². The molecule has 0 saturated heterocycles. The summed E-state index contributed by atoms with van der Waals surface area (Å²) >= 11 is 0. The fourth-order valence-corrected chi connectivity index (χ4v) is 3.44. The summed E-state index contributed by atoms with van der Waals surface area (Å²) < 4.78 is 19.0. The largest absolute Gasteiger partial charge is 0.372 e. The molecule has 3 rings (SSSR count). The van der Waals surface area contributed by atoms with Crippen LogP contribution in [0.4, 0.5) is 4.39 Å². The molecule has 0 aromatic heterocycles. The Hall–Kier alpha value is -2.20. The van der Waals surface area contributed by atoms with Gasteiger partial charge < -0.3 is 10.1 Å². The smallest absolute Gasteiger partial charge is 0.230 e. The van der Waals surface area contributed by atoms with Gasteiger partial charge in [-0.2, -0.15) is 0 Å². The minimum Gasteiger partial charge on any atom is -0.372 e. The topological polar surface area (TPSA) is 38.3 Å². The summed E-state index contributed by atoms with van der Waals surface area (Å²) in [6.07, 6.45) is 2.33. The van der Waals surface area contributed by atoms with Crippen LogP contribution in [0.5, 0.6) is 0 Å². The number of hydrogen-bond donors (Lipinski definition) is 1. The number of ether oxygens (including phenoxy) is 1. The zero-order chi connectivity index (χ0) is 17.9. The van der Waals surface area contributed by atoms with Crippen molar-refractivity contribution in [1.82, 2.24) is 5.32 Å². The van der Waals surface area contributed by atoms with Crippen LogP contribution >= 0.6 is 0 Å². The van der Waals surface area contributed by atoms with Crippen LogP contribution in [0.3, 0.4) is 0 Å². The third kappa shape index (κ3) is 3.31. The molecule has 1 N–H and O–H groups in total. The molecule has 0 unspecified atom stereocenters. The molecule has 1 aliphatic carbocycles. The standard InChI is InChI=1S/C21H24FNO2/c1-3-21(25-2,17-7-5-4-6-8-17)15-23-19(24)20(13-14-20)16-9-11-18(22)12-10-16/h4-12H,3,13-15H2,1-2H3,(H,23,24)/t21-/m1/s1. The molecular weight excluding hydrogens is 317 g/mol. The second kappa shape index (κ2) is 6.96. The third-order valence-corrected chi connectivity index (χ3v) is 5.38. The maximum absolute atomic E-state index is 13.2. The molecule has 1 amide bonds. The van der Waals surface area contributed by atoms with Crippen LogP contribution in [-0.4, -0.2) is 19.6 Å². The number of methoxy groups -OCH3 is 1. The lowest BCUT2D eigenvalue weighted by molar-refractivity contribution is -0.125. The van der Waals surface area contributed by atoms with Gasteiger partial charge in [-0.1, -0.05) is 49.4 Å². The van der Waals surface area contributed by atoms with E-state index in [0.29, 0.717) is 6.54 Å². The van der Waals surface area contributed by atoms with Crippen LogP contribution < -0.4 is 5.32 Å². The fraction of sp³-hybridized carbons (Fsp3) is 0.381. The lowest BCUT2D eigenvalue weighted by Crippen LogP contribution is -2.45. The Bertz CT molecular complexity index is 719. The van der Waals surface area contributed by atoms with Gasteiger partial charge in [0.2, 0.25) is 5.91 Å². The van der Waals surface area contributed by atoms with Gasteiger partial charge in [0.15, 0.2) is 0 Å². The van der Waals surface area contributed by atoms with Gasteiger partial charge in [-0.05, 0) is 42.5 Å². The van der Waals surface area contributed by atoms with Crippen molar-refractivity contribution < 1.29 is 13.9 Å². The zero-order valence-corrected chi connectivity index (χ0v) is 14.7. The minimum absolute atomic E-state index is 0.00934. The molecule has 132 valence electrons. The van der Waals surface area contributed by atoms with Gasteiger partial charge in [0.25, 0.3) is 0 Å². The van der Waals surface area contributed by atoms with Gasteiger partial charge in [-0.3, -0.25) is 4.79 Å². The third-order valence-electron chi connectivity index (χ3n) is 5.38. The van der Waals surface area contributed by atoms with E-state index < -0.39 is 11.0 Å². The van der Waals surface area contributed by atoms with Gasteiger partial charge in [0, 0.05) is 7.11 Å². The summed E-state index contributed by atoms with van der Waals surface area (Å²) in [4.78, 5) is 12.9. The van der Waals surface area contributed by atoms with Crippen LogP contribution in [0.1, 0.15) is 37.3 Å². The van der Waals surface area contributed by atoms with E-state index >= 15 is 0 Å². The molecule has 1 atom stereocenters. The predicted octanol–water partition coefficient (Wildman–Crippen LogP) is 3.93. The van der Waals surface area contributed by atoms with Crippen molar-refractivity contribution >= 4 is 5.91 Å². The monoisotopic (exact) mass is 341 g/mol. The first-order chi connectivity index (χ1) is 12.1. The van der Waals surface area contributed by atoms with E-state index in [2.05, 4.69) is 12.2 Å². The van der Waals surface area contributed by atoms with E-state index in [9.17, 15) is 9.18 Å². The van der Waals surface area contributed by atoms with Crippen LogP contribution in [0.25, 0.3) is 0 Å². The molecular formula is C21H24FNO2. The average Bonchev–Trinajstić information content (AvgIpc) is 3.46. The number of rotatable bonds is 7. The summed E-state index contributed by atoms with van der Waals surface area (Å²) in [7, 11) is 1.68. The molecule has 2 aromatic rings. The zero-order valence-electron chi connectivity index (χ0n) is 14.7. The maximum atomic E-state index is 13.2. The molecule has 0 bridgehead atoms. The average molecular weight is 341 g/mol. The Balaban J connectivity index is 1.75. The van der Waals surface area contributed by atoms with Crippen molar-refractivity contribution in [2.75, 3.05) is 13.7 Å². The maximum Gasteiger partial charge on any atom is 0.230 e. The lowest BCUT2D eigenvalue weighted by Gasteiger charge is -2.33. The highest BCUT2D eigenvalue weighted by Crippen LogP contribution is 2.48. The van der Waals surface area contributed by atoms with Gasteiger partial charge in [-0.25, -0.2) is 4.39 Å². The first-order valence-electron chi connectivity index (χ1n) is 8.71. The van der Waals surface area contributed by atoms with Crippen molar-refractivity contribution in [1.29, 1.82) is 0 Å². The molecule has 1 fully saturated rings. The van der Waals surface area contributed by atoms with Crippen molar-refractivity contribution in [3.05, 3.63) is 71.5 Å². The fourth-order valence-electron chi connectivity index (χ4n) is 3.44.